The number of rotatable bonds is 6. The number of carboxylic acids is 1. The molecule has 3 heteroatoms. The van der Waals surface area contributed by atoms with Crippen LogP contribution in [-0.4, -0.2) is 17.1 Å². The topological polar surface area (TPSA) is 49.3 Å². The van der Waals surface area contributed by atoms with E-state index in [2.05, 4.69) is 19.2 Å². The molecule has 0 heterocycles. The normalized spacial score (nSPS) is 12.1. The Morgan fingerprint density at radius 1 is 1.44 bits per heavy atom. The summed E-state index contributed by atoms with van der Waals surface area (Å²) >= 11 is 0. The summed E-state index contributed by atoms with van der Waals surface area (Å²) < 4.78 is 0. The summed E-state index contributed by atoms with van der Waals surface area (Å²) in [7, 11) is 0. The number of carboxylic acid groups (broad SMARTS) is 1. The van der Waals surface area contributed by atoms with Crippen molar-refractivity contribution in [1.29, 1.82) is 0 Å². The van der Waals surface area contributed by atoms with Crippen molar-refractivity contribution in [2.45, 2.75) is 39.2 Å². The Labute approximate surface area is 96.5 Å². The fourth-order valence-corrected chi connectivity index (χ4v) is 1.49. The molecule has 1 rings (SSSR count). The molecule has 1 atom stereocenters. The molecule has 16 heavy (non-hydrogen) atoms. The maximum absolute atomic E-state index is 10.5. The predicted octanol–water partition coefficient (Wildman–Crippen LogP) is 2.91. The molecule has 0 aromatic heterocycles. The summed E-state index contributed by atoms with van der Waals surface area (Å²) in [5.74, 6) is -0.752. The van der Waals surface area contributed by atoms with E-state index in [1.54, 1.807) is 0 Å². The molecule has 1 aromatic carbocycles. The largest absolute Gasteiger partial charge is 0.481 e. The van der Waals surface area contributed by atoms with Gasteiger partial charge in [-0.05, 0) is 31.4 Å². The maximum atomic E-state index is 10.5. The first kappa shape index (κ1) is 12.6. The van der Waals surface area contributed by atoms with Crippen LogP contribution in [0.2, 0.25) is 0 Å². The molecule has 3 nitrogen and oxygen atoms in total. The van der Waals surface area contributed by atoms with Crippen LogP contribution in [-0.2, 0) is 11.2 Å². The van der Waals surface area contributed by atoms with Gasteiger partial charge in [-0.15, -0.1) is 0 Å². The Bertz CT molecular complexity index is 350. The molecule has 1 unspecified atom stereocenters. The summed E-state index contributed by atoms with van der Waals surface area (Å²) in [6, 6.07) is 8.30. The van der Waals surface area contributed by atoms with Gasteiger partial charge >= 0.3 is 5.97 Å². The lowest BCUT2D eigenvalue weighted by Gasteiger charge is -2.16. The SMILES string of the molecule is CCC(C)Nc1ccccc1CCC(=O)O. The summed E-state index contributed by atoms with van der Waals surface area (Å²) in [6.07, 6.45) is 1.81. The van der Waals surface area contributed by atoms with Gasteiger partial charge < -0.3 is 10.4 Å². The smallest absolute Gasteiger partial charge is 0.303 e. The summed E-state index contributed by atoms with van der Waals surface area (Å²) in [5.41, 5.74) is 2.13. The van der Waals surface area contributed by atoms with Gasteiger partial charge in [-0.25, -0.2) is 0 Å². The van der Waals surface area contributed by atoms with Crippen molar-refractivity contribution >= 4 is 11.7 Å². The van der Waals surface area contributed by atoms with Gasteiger partial charge in [-0.3, -0.25) is 4.79 Å². The number of hydrogen-bond donors (Lipinski definition) is 2. The van der Waals surface area contributed by atoms with Crippen molar-refractivity contribution in [3.05, 3.63) is 29.8 Å². The molecule has 0 amide bonds. The number of nitrogens with one attached hydrogen (secondary N) is 1. The van der Waals surface area contributed by atoms with E-state index >= 15 is 0 Å². The minimum absolute atomic E-state index is 0.180. The van der Waals surface area contributed by atoms with E-state index in [0.717, 1.165) is 17.7 Å². The second kappa shape index (κ2) is 6.16. The number of aliphatic carboxylic acids is 1. The van der Waals surface area contributed by atoms with Crippen LogP contribution in [0.15, 0.2) is 24.3 Å². The third kappa shape index (κ3) is 3.93. The zero-order valence-electron chi connectivity index (χ0n) is 9.86. The van der Waals surface area contributed by atoms with Crippen LogP contribution in [0.1, 0.15) is 32.3 Å². The summed E-state index contributed by atoms with van der Waals surface area (Å²) in [4.78, 5) is 10.5. The van der Waals surface area contributed by atoms with E-state index < -0.39 is 5.97 Å². The van der Waals surface area contributed by atoms with Crippen molar-refractivity contribution in [3.63, 3.8) is 0 Å². The van der Waals surface area contributed by atoms with Gasteiger partial charge in [0.15, 0.2) is 0 Å². The average molecular weight is 221 g/mol. The Kier molecular flexibility index (Phi) is 4.83. The van der Waals surface area contributed by atoms with E-state index in [1.165, 1.54) is 0 Å². The zero-order chi connectivity index (χ0) is 12.0. The predicted molar refractivity (Wildman–Crippen MR) is 65.8 cm³/mol. The lowest BCUT2D eigenvalue weighted by Crippen LogP contribution is -2.15. The molecular formula is C13H19NO2. The summed E-state index contributed by atoms with van der Waals surface area (Å²) in [6.45, 7) is 4.24. The second-order valence-corrected chi connectivity index (χ2v) is 4.00. The molecular weight excluding hydrogens is 202 g/mol. The van der Waals surface area contributed by atoms with Crippen LogP contribution in [0.4, 0.5) is 5.69 Å². The number of para-hydroxylation sites is 1. The highest BCUT2D eigenvalue weighted by Gasteiger charge is 2.06. The van der Waals surface area contributed by atoms with Gasteiger partial charge in [-0.1, -0.05) is 25.1 Å². The molecule has 88 valence electrons. The van der Waals surface area contributed by atoms with Crippen LogP contribution < -0.4 is 5.32 Å². The van der Waals surface area contributed by atoms with Crippen LogP contribution in [0.3, 0.4) is 0 Å². The van der Waals surface area contributed by atoms with Crippen molar-refractivity contribution in [2.24, 2.45) is 0 Å². The van der Waals surface area contributed by atoms with Gasteiger partial charge in [-0.2, -0.15) is 0 Å². The zero-order valence-corrected chi connectivity index (χ0v) is 9.86. The molecule has 1 aromatic rings. The lowest BCUT2D eigenvalue weighted by molar-refractivity contribution is -0.136. The number of anilines is 1. The fourth-order valence-electron chi connectivity index (χ4n) is 1.49. The van der Waals surface area contributed by atoms with Gasteiger partial charge in [0.1, 0.15) is 0 Å². The quantitative estimate of drug-likeness (QED) is 0.776. The van der Waals surface area contributed by atoms with E-state index in [-0.39, 0.29) is 6.42 Å². The van der Waals surface area contributed by atoms with Crippen LogP contribution in [0, 0.1) is 0 Å². The highest BCUT2D eigenvalue weighted by Crippen LogP contribution is 2.18. The standard InChI is InChI=1S/C13H19NO2/c1-3-10(2)14-12-7-5-4-6-11(12)8-9-13(15)16/h4-7,10,14H,3,8-9H2,1-2H3,(H,15,16). The number of aryl methyl sites for hydroxylation is 1. The second-order valence-electron chi connectivity index (χ2n) is 4.00. The minimum atomic E-state index is -0.752. The monoisotopic (exact) mass is 221 g/mol. The Hall–Kier alpha value is -1.51. The minimum Gasteiger partial charge on any atom is -0.481 e. The lowest BCUT2D eigenvalue weighted by atomic mass is 10.1. The molecule has 0 aliphatic rings. The molecule has 0 saturated heterocycles. The van der Waals surface area contributed by atoms with E-state index in [0.29, 0.717) is 12.5 Å². The van der Waals surface area contributed by atoms with Gasteiger partial charge in [0.2, 0.25) is 0 Å². The van der Waals surface area contributed by atoms with E-state index in [4.69, 9.17) is 5.11 Å². The van der Waals surface area contributed by atoms with Gasteiger partial charge in [0.05, 0.1) is 0 Å². The van der Waals surface area contributed by atoms with Crippen LogP contribution in [0.25, 0.3) is 0 Å². The van der Waals surface area contributed by atoms with Crippen molar-refractivity contribution < 1.29 is 9.90 Å². The van der Waals surface area contributed by atoms with E-state index in [1.807, 2.05) is 24.3 Å². The van der Waals surface area contributed by atoms with Crippen molar-refractivity contribution in [1.82, 2.24) is 0 Å². The Morgan fingerprint density at radius 2 is 2.12 bits per heavy atom. The first-order chi connectivity index (χ1) is 7.63. The van der Waals surface area contributed by atoms with Gasteiger partial charge in [0, 0.05) is 18.2 Å². The first-order valence-corrected chi connectivity index (χ1v) is 5.69. The molecule has 0 aliphatic heterocycles. The van der Waals surface area contributed by atoms with E-state index in [9.17, 15) is 4.79 Å². The van der Waals surface area contributed by atoms with Crippen molar-refractivity contribution in [3.8, 4) is 0 Å². The third-order valence-electron chi connectivity index (χ3n) is 2.64. The highest BCUT2D eigenvalue weighted by atomic mass is 16.4. The average Bonchev–Trinajstić information content (AvgIpc) is 2.27. The maximum Gasteiger partial charge on any atom is 0.303 e. The third-order valence-corrected chi connectivity index (χ3v) is 2.64. The van der Waals surface area contributed by atoms with Crippen LogP contribution >= 0.6 is 0 Å². The molecule has 0 fully saturated rings. The molecule has 0 bridgehead atoms. The summed E-state index contributed by atoms with van der Waals surface area (Å²) in [5, 5.41) is 12.1. The first-order valence-electron chi connectivity index (χ1n) is 5.69. The fraction of sp³-hybridized carbons (Fsp3) is 0.462. The number of benzene rings is 1. The number of hydrogen-bond acceptors (Lipinski definition) is 2. The molecule has 0 aliphatic carbocycles. The van der Waals surface area contributed by atoms with Crippen LogP contribution in [0.5, 0.6) is 0 Å². The Balaban J connectivity index is 2.71. The Morgan fingerprint density at radius 3 is 2.75 bits per heavy atom. The highest BCUT2D eigenvalue weighted by molar-refractivity contribution is 5.67. The molecule has 0 radical (unpaired) electrons. The molecule has 0 spiro atoms. The number of carbonyl (C=O) groups is 1. The van der Waals surface area contributed by atoms with Gasteiger partial charge in [0.25, 0.3) is 0 Å². The molecule has 2 N–H and O–H groups in total. The molecule has 0 saturated carbocycles. The van der Waals surface area contributed by atoms with Crippen molar-refractivity contribution in [2.75, 3.05) is 5.32 Å².